The number of carbonyl (C=O) groups is 1. The second-order valence-electron chi connectivity index (χ2n) is 4.27. The Balaban J connectivity index is 2.24. The fraction of sp³-hybridized carbons (Fsp3) is 0.583. The number of aromatic nitrogens is 1. The lowest BCUT2D eigenvalue weighted by Gasteiger charge is -2.24. The summed E-state index contributed by atoms with van der Waals surface area (Å²) in [6.07, 6.45) is 9.20. The quantitative estimate of drug-likeness (QED) is 0.731. The van der Waals surface area contributed by atoms with Gasteiger partial charge in [-0.05, 0) is 25.3 Å². The van der Waals surface area contributed by atoms with Gasteiger partial charge in [0.15, 0.2) is 5.78 Å². The van der Waals surface area contributed by atoms with E-state index in [-0.39, 0.29) is 5.41 Å². The van der Waals surface area contributed by atoms with Crippen LogP contribution in [0.2, 0.25) is 0 Å². The van der Waals surface area contributed by atoms with Crippen molar-refractivity contribution < 1.29 is 4.79 Å². The Morgan fingerprint density at radius 2 is 2.21 bits per heavy atom. The fourth-order valence-electron chi connectivity index (χ4n) is 2.56. The normalized spacial score (nSPS) is 19.8. The predicted octanol–water partition coefficient (Wildman–Crippen LogP) is 3.17. The van der Waals surface area contributed by atoms with E-state index in [9.17, 15) is 4.79 Å². The van der Waals surface area contributed by atoms with E-state index in [2.05, 4.69) is 11.9 Å². The predicted molar refractivity (Wildman–Crippen MR) is 56.3 cm³/mol. The maximum atomic E-state index is 12.2. The Bertz CT molecular complexity index is 307. The van der Waals surface area contributed by atoms with Crippen molar-refractivity contribution in [3.05, 3.63) is 24.0 Å². The maximum Gasteiger partial charge on any atom is 0.170 e. The van der Waals surface area contributed by atoms with Crippen LogP contribution in [0.15, 0.2) is 18.5 Å². The minimum Gasteiger partial charge on any atom is -0.367 e. The average molecular weight is 191 g/mol. The highest BCUT2D eigenvalue weighted by atomic mass is 16.1. The van der Waals surface area contributed by atoms with E-state index >= 15 is 0 Å². The third kappa shape index (κ3) is 1.39. The van der Waals surface area contributed by atoms with Gasteiger partial charge in [-0.25, -0.2) is 0 Å². The van der Waals surface area contributed by atoms with E-state index in [0.717, 1.165) is 24.8 Å². The van der Waals surface area contributed by atoms with Crippen molar-refractivity contribution in [3.63, 3.8) is 0 Å². The van der Waals surface area contributed by atoms with Crippen LogP contribution in [-0.4, -0.2) is 10.8 Å². The lowest BCUT2D eigenvalue weighted by molar-refractivity contribution is 0.0791. The first-order chi connectivity index (χ1) is 6.78. The van der Waals surface area contributed by atoms with Crippen LogP contribution >= 0.6 is 0 Å². The molecule has 1 aliphatic carbocycles. The van der Waals surface area contributed by atoms with Gasteiger partial charge < -0.3 is 4.98 Å². The van der Waals surface area contributed by atoms with E-state index in [0.29, 0.717) is 5.78 Å². The number of carbonyl (C=O) groups excluding carboxylic acids is 1. The van der Waals surface area contributed by atoms with Crippen molar-refractivity contribution in [2.75, 3.05) is 0 Å². The van der Waals surface area contributed by atoms with Gasteiger partial charge in [0, 0.05) is 23.4 Å². The number of nitrogens with one attached hydrogen (secondary N) is 1. The van der Waals surface area contributed by atoms with Crippen molar-refractivity contribution >= 4 is 5.78 Å². The average Bonchev–Trinajstić information content (AvgIpc) is 2.89. The first-order valence-corrected chi connectivity index (χ1v) is 5.46. The standard InChI is InChI=1S/C12H17NO/c1-2-12(6-3-4-7-12)11(14)10-5-8-13-9-10/h5,8-9,13H,2-4,6-7H2,1H3. The summed E-state index contributed by atoms with van der Waals surface area (Å²) in [5.74, 6) is 0.346. The van der Waals surface area contributed by atoms with Crippen molar-refractivity contribution in [1.29, 1.82) is 0 Å². The molecule has 0 bridgehead atoms. The Labute approximate surface area is 84.7 Å². The summed E-state index contributed by atoms with van der Waals surface area (Å²) in [5, 5.41) is 0. The molecule has 1 aromatic heterocycles. The molecule has 14 heavy (non-hydrogen) atoms. The minimum atomic E-state index is -0.0395. The molecule has 1 aromatic rings. The van der Waals surface area contributed by atoms with Gasteiger partial charge in [-0.15, -0.1) is 0 Å². The van der Waals surface area contributed by atoms with Crippen LogP contribution in [0.4, 0.5) is 0 Å². The summed E-state index contributed by atoms with van der Waals surface area (Å²) in [7, 11) is 0. The molecule has 2 nitrogen and oxygen atoms in total. The van der Waals surface area contributed by atoms with Gasteiger partial charge in [0.25, 0.3) is 0 Å². The van der Waals surface area contributed by atoms with Crippen molar-refractivity contribution in [2.24, 2.45) is 5.41 Å². The Hall–Kier alpha value is -1.05. The molecule has 1 saturated carbocycles. The first-order valence-electron chi connectivity index (χ1n) is 5.46. The van der Waals surface area contributed by atoms with E-state index in [1.54, 1.807) is 0 Å². The van der Waals surface area contributed by atoms with E-state index < -0.39 is 0 Å². The van der Waals surface area contributed by atoms with Crippen LogP contribution in [0, 0.1) is 5.41 Å². The molecule has 0 amide bonds. The second-order valence-corrected chi connectivity index (χ2v) is 4.27. The van der Waals surface area contributed by atoms with Crippen LogP contribution in [0.25, 0.3) is 0 Å². The van der Waals surface area contributed by atoms with Crippen LogP contribution in [-0.2, 0) is 0 Å². The minimum absolute atomic E-state index is 0.0395. The largest absolute Gasteiger partial charge is 0.367 e. The lowest BCUT2D eigenvalue weighted by Crippen LogP contribution is -2.26. The second kappa shape index (κ2) is 3.60. The van der Waals surface area contributed by atoms with E-state index in [1.165, 1.54) is 12.8 Å². The highest BCUT2D eigenvalue weighted by molar-refractivity contribution is 6.00. The number of H-pyrrole nitrogens is 1. The SMILES string of the molecule is CCC1(C(=O)c2cc[nH]c2)CCCC1. The molecule has 76 valence electrons. The van der Waals surface area contributed by atoms with Gasteiger partial charge >= 0.3 is 0 Å². The molecule has 0 spiro atoms. The molecule has 1 fully saturated rings. The van der Waals surface area contributed by atoms with Crippen molar-refractivity contribution in [1.82, 2.24) is 4.98 Å². The molecule has 1 heterocycles. The van der Waals surface area contributed by atoms with Crippen molar-refractivity contribution in [2.45, 2.75) is 39.0 Å². The molecule has 2 heteroatoms. The number of Topliss-reactive ketones (excluding diaryl/α,β-unsaturated/α-hetero) is 1. The Morgan fingerprint density at radius 1 is 1.50 bits per heavy atom. The molecular weight excluding hydrogens is 174 g/mol. The molecule has 0 unspecified atom stereocenters. The zero-order valence-electron chi connectivity index (χ0n) is 8.68. The summed E-state index contributed by atoms with van der Waals surface area (Å²) in [5.41, 5.74) is 0.816. The molecule has 2 rings (SSSR count). The lowest BCUT2D eigenvalue weighted by atomic mass is 9.77. The highest BCUT2D eigenvalue weighted by Gasteiger charge is 2.39. The summed E-state index contributed by atoms with van der Waals surface area (Å²) in [4.78, 5) is 15.2. The smallest absolute Gasteiger partial charge is 0.170 e. The van der Waals surface area contributed by atoms with Gasteiger partial charge in [0.2, 0.25) is 0 Å². The molecule has 0 aromatic carbocycles. The highest BCUT2D eigenvalue weighted by Crippen LogP contribution is 2.43. The summed E-state index contributed by atoms with van der Waals surface area (Å²) in [6.45, 7) is 2.13. The zero-order valence-corrected chi connectivity index (χ0v) is 8.68. The zero-order chi connectivity index (χ0) is 10.0. The monoisotopic (exact) mass is 191 g/mol. The number of hydrogen-bond donors (Lipinski definition) is 1. The molecule has 0 aliphatic heterocycles. The summed E-state index contributed by atoms with van der Waals surface area (Å²) < 4.78 is 0. The summed E-state index contributed by atoms with van der Waals surface area (Å²) >= 11 is 0. The Kier molecular flexibility index (Phi) is 2.44. The molecular formula is C12H17NO. The summed E-state index contributed by atoms with van der Waals surface area (Å²) in [6, 6.07) is 1.89. The van der Waals surface area contributed by atoms with Crippen LogP contribution in [0.3, 0.4) is 0 Å². The maximum absolute atomic E-state index is 12.2. The topological polar surface area (TPSA) is 32.9 Å². The van der Waals surface area contributed by atoms with Crippen LogP contribution in [0.1, 0.15) is 49.4 Å². The van der Waals surface area contributed by atoms with E-state index in [4.69, 9.17) is 0 Å². The van der Waals surface area contributed by atoms with Crippen LogP contribution < -0.4 is 0 Å². The number of hydrogen-bond acceptors (Lipinski definition) is 1. The molecule has 1 aliphatic rings. The third-order valence-corrected chi connectivity index (χ3v) is 3.58. The number of aromatic amines is 1. The molecule has 0 saturated heterocycles. The van der Waals surface area contributed by atoms with Crippen LogP contribution in [0.5, 0.6) is 0 Å². The molecule has 0 atom stereocenters. The van der Waals surface area contributed by atoms with Gasteiger partial charge in [0.1, 0.15) is 0 Å². The van der Waals surface area contributed by atoms with Gasteiger partial charge in [0.05, 0.1) is 0 Å². The van der Waals surface area contributed by atoms with Gasteiger partial charge in [-0.2, -0.15) is 0 Å². The fourth-order valence-corrected chi connectivity index (χ4v) is 2.56. The third-order valence-electron chi connectivity index (χ3n) is 3.58. The van der Waals surface area contributed by atoms with E-state index in [1.807, 2.05) is 18.5 Å². The number of rotatable bonds is 3. The first kappa shape index (κ1) is 9.50. The van der Waals surface area contributed by atoms with Crippen molar-refractivity contribution in [3.8, 4) is 0 Å². The molecule has 0 radical (unpaired) electrons. The van der Waals surface area contributed by atoms with Gasteiger partial charge in [-0.3, -0.25) is 4.79 Å². The Morgan fingerprint density at radius 3 is 2.71 bits per heavy atom. The number of ketones is 1. The molecule has 1 N–H and O–H groups in total. The van der Waals surface area contributed by atoms with Gasteiger partial charge in [-0.1, -0.05) is 19.8 Å².